The fourth-order valence-electron chi connectivity index (χ4n) is 3.72. The molecule has 0 atom stereocenters. The van der Waals surface area contributed by atoms with Crippen LogP contribution in [0.3, 0.4) is 0 Å². The number of rotatable bonds is 5. The second-order valence-corrected chi connectivity index (χ2v) is 6.80. The largest absolute Gasteiger partial charge is 0.497 e. The average Bonchev–Trinajstić information content (AvgIpc) is 2.61. The van der Waals surface area contributed by atoms with Crippen molar-refractivity contribution < 1.29 is 4.74 Å². The Labute approximate surface area is 140 Å². The molecule has 2 aromatic carbocycles. The highest BCUT2D eigenvalue weighted by molar-refractivity contribution is 5.84. The molecule has 0 unspecified atom stereocenters. The molecule has 3 rings (SSSR count). The molecule has 0 aromatic heterocycles. The molecule has 1 nitrogen and oxygen atoms in total. The van der Waals surface area contributed by atoms with Crippen molar-refractivity contribution in [3.05, 3.63) is 54.1 Å². The van der Waals surface area contributed by atoms with E-state index in [1.807, 2.05) is 0 Å². The van der Waals surface area contributed by atoms with Crippen molar-refractivity contribution in [2.24, 2.45) is 5.92 Å². The van der Waals surface area contributed by atoms with Gasteiger partial charge in [0.15, 0.2) is 0 Å². The van der Waals surface area contributed by atoms with Crippen molar-refractivity contribution in [1.29, 1.82) is 0 Å². The van der Waals surface area contributed by atoms with Gasteiger partial charge in [-0.15, -0.1) is 0 Å². The second kappa shape index (κ2) is 7.68. The fourth-order valence-corrected chi connectivity index (χ4v) is 3.72. The van der Waals surface area contributed by atoms with Gasteiger partial charge in [0.25, 0.3) is 0 Å². The first-order valence-corrected chi connectivity index (χ1v) is 9.04. The van der Waals surface area contributed by atoms with Gasteiger partial charge in [-0.3, -0.25) is 0 Å². The van der Waals surface area contributed by atoms with Crippen LogP contribution in [0.2, 0.25) is 0 Å². The number of methoxy groups -OCH3 is 1. The Bertz CT molecular complexity index is 663. The predicted octanol–water partition coefficient (Wildman–Crippen LogP) is 6.48. The van der Waals surface area contributed by atoms with Crippen LogP contribution >= 0.6 is 0 Å². The van der Waals surface area contributed by atoms with Crippen LogP contribution in [0, 0.1) is 5.92 Å². The van der Waals surface area contributed by atoms with Crippen molar-refractivity contribution >= 4 is 10.8 Å². The summed E-state index contributed by atoms with van der Waals surface area (Å²) in [6.07, 6.45) is 12.7. The van der Waals surface area contributed by atoms with E-state index in [4.69, 9.17) is 4.74 Å². The Kier molecular flexibility index (Phi) is 5.38. The maximum atomic E-state index is 5.31. The molecule has 1 saturated carbocycles. The third-order valence-electron chi connectivity index (χ3n) is 5.18. The molecule has 1 fully saturated rings. The molecule has 0 amide bonds. The molecule has 23 heavy (non-hydrogen) atoms. The van der Waals surface area contributed by atoms with E-state index >= 15 is 0 Å². The molecule has 122 valence electrons. The lowest BCUT2D eigenvalue weighted by atomic mass is 9.78. The second-order valence-electron chi connectivity index (χ2n) is 6.80. The van der Waals surface area contributed by atoms with Crippen LogP contribution in [0.5, 0.6) is 5.75 Å². The van der Waals surface area contributed by atoms with Crippen molar-refractivity contribution in [2.75, 3.05) is 7.11 Å². The lowest BCUT2D eigenvalue weighted by Gasteiger charge is -2.27. The third kappa shape index (κ3) is 3.96. The lowest BCUT2D eigenvalue weighted by Crippen LogP contribution is -2.11. The Hall–Kier alpha value is -1.76. The maximum Gasteiger partial charge on any atom is 0.119 e. The smallest absolute Gasteiger partial charge is 0.119 e. The zero-order valence-corrected chi connectivity index (χ0v) is 14.4. The van der Waals surface area contributed by atoms with Gasteiger partial charge in [0.05, 0.1) is 7.11 Å². The van der Waals surface area contributed by atoms with Gasteiger partial charge in [-0.2, -0.15) is 0 Å². The first kappa shape index (κ1) is 16.1. The number of hydrogen-bond acceptors (Lipinski definition) is 1. The monoisotopic (exact) mass is 308 g/mol. The molecule has 1 aliphatic rings. The molecule has 0 bridgehead atoms. The van der Waals surface area contributed by atoms with Crippen molar-refractivity contribution in [3.8, 4) is 5.75 Å². The summed E-state index contributed by atoms with van der Waals surface area (Å²) in [6.45, 7) is 2.25. The summed E-state index contributed by atoms with van der Waals surface area (Å²) in [5.74, 6) is 2.48. The first-order valence-electron chi connectivity index (χ1n) is 9.04. The third-order valence-corrected chi connectivity index (χ3v) is 5.18. The molecule has 0 N–H and O–H groups in total. The van der Waals surface area contributed by atoms with Gasteiger partial charge in [-0.1, -0.05) is 49.8 Å². The van der Waals surface area contributed by atoms with Crippen LogP contribution in [0.25, 0.3) is 10.8 Å². The van der Waals surface area contributed by atoms with Crippen LogP contribution in [0.1, 0.15) is 56.9 Å². The molecule has 0 radical (unpaired) electrons. The van der Waals surface area contributed by atoms with Crippen LogP contribution in [0.4, 0.5) is 0 Å². The Morgan fingerprint density at radius 1 is 1.00 bits per heavy atom. The fraction of sp³-hybridized carbons (Fsp3) is 0.455. The van der Waals surface area contributed by atoms with Gasteiger partial charge < -0.3 is 4.74 Å². The SMILES string of the molecule is CCC/C=C/C1CCC(c2ccc3cc(OC)ccc3c2)CC1. The molecule has 0 spiro atoms. The van der Waals surface area contributed by atoms with Gasteiger partial charge >= 0.3 is 0 Å². The summed E-state index contributed by atoms with van der Waals surface area (Å²) in [6, 6.07) is 13.3. The van der Waals surface area contributed by atoms with Gasteiger partial charge in [-0.05, 0) is 72.4 Å². The van der Waals surface area contributed by atoms with E-state index in [0.717, 1.165) is 17.6 Å². The molecule has 0 heterocycles. The molecule has 1 aliphatic carbocycles. The Balaban J connectivity index is 1.67. The predicted molar refractivity (Wildman–Crippen MR) is 99.2 cm³/mol. The van der Waals surface area contributed by atoms with E-state index in [9.17, 15) is 0 Å². The number of ether oxygens (including phenoxy) is 1. The van der Waals surface area contributed by atoms with E-state index in [-0.39, 0.29) is 0 Å². The van der Waals surface area contributed by atoms with E-state index in [1.165, 1.54) is 54.9 Å². The van der Waals surface area contributed by atoms with Crippen molar-refractivity contribution in [3.63, 3.8) is 0 Å². The normalized spacial score (nSPS) is 21.8. The summed E-state index contributed by atoms with van der Waals surface area (Å²) < 4.78 is 5.31. The van der Waals surface area contributed by atoms with Crippen LogP contribution in [-0.4, -0.2) is 7.11 Å². The summed E-state index contributed by atoms with van der Waals surface area (Å²) in [4.78, 5) is 0. The summed E-state index contributed by atoms with van der Waals surface area (Å²) in [5, 5.41) is 2.59. The highest BCUT2D eigenvalue weighted by Gasteiger charge is 2.20. The van der Waals surface area contributed by atoms with E-state index < -0.39 is 0 Å². The minimum Gasteiger partial charge on any atom is -0.497 e. The summed E-state index contributed by atoms with van der Waals surface area (Å²) >= 11 is 0. The number of hydrogen-bond donors (Lipinski definition) is 0. The van der Waals surface area contributed by atoms with Gasteiger partial charge in [0.1, 0.15) is 5.75 Å². The quantitative estimate of drug-likeness (QED) is 0.574. The Morgan fingerprint density at radius 3 is 2.48 bits per heavy atom. The number of allylic oxidation sites excluding steroid dienone is 2. The molecule has 0 aliphatic heterocycles. The lowest BCUT2D eigenvalue weighted by molar-refractivity contribution is 0.375. The van der Waals surface area contributed by atoms with E-state index in [2.05, 4.69) is 55.5 Å². The standard InChI is InChI=1S/C22H28O/c1-3-4-5-6-17-7-9-18(10-8-17)19-11-12-21-16-22(23-2)14-13-20(21)15-19/h5-6,11-18H,3-4,7-10H2,1-2H3/b6-5+. The first-order chi connectivity index (χ1) is 11.3. The zero-order chi connectivity index (χ0) is 16.1. The number of benzene rings is 2. The van der Waals surface area contributed by atoms with Crippen LogP contribution in [-0.2, 0) is 0 Å². The van der Waals surface area contributed by atoms with Crippen molar-refractivity contribution in [2.45, 2.75) is 51.4 Å². The van der Waals surface area contributed by atoms with Gasteiger partial charge in [0.2, 0.25) is 0 Å². The van der Waals surface area contributed by atoms with E-state index in [1.54, 1.807) is 7.11 Å². The average molecular weight is 308 g/mol. The van der Waals surface area contributed by atoms with Crippen LogP contribution in [0.15, 0.2) is 48.6 Å². The van der Waals surface area contributed by atoms with Crippen molar-refractivity contribution in [1.82, 2.24) is 0 Å². The number of fused-ring (bicyclic) bond motifs is 1. The minimum absolute atomic E-state index is 0.734. The van der Waals surface area contributed by atoms with Crippen LogP contribution < -0.4 is 4.74 Å². The Morgan fingerprint density at radius 2 is 1.74 bits per heavy atom. The maximum absolute atomic E-state index is 5.31. The molecule has 1 heteroatoms. The van der Waals surface area contributed by atoms with Gasteiger partial charge in [-0.25, -0.2) is 0 Å². The molecular weight excluding hydrogens is 280 g/mol. The molecular formula is C22H28O. The zero-order valence-electron chi connectivity index (χ0n) is 14.4. The topological polar surface area (TPSA) is 9.23 Å². The van der Waals surface area contributed by atoms with Gasteiger partial charge in [0, 0.05) is 0 Å². The minimum atomic E-state index is 0.734. The van der Waals surface area contributed by atoms with E-state index in [0.29, 0.717) is 0 Å². The summed E-state index contributed by atoms with van der Waals surface area (Å²) in [7, 11) is 1.73. The molecule has 2 aromatic rings. The number of unbranched alkanes of at least 4 members (excludes halogenated alkanes) is 1. The summed E-state index contributed by atoms with van der Waals surface area (Å²) in [5.41, 5.74) is 1.51. The molecule has 0 saturated heterocycles. The highest BCUT2D eigenvalue weighted by atomic mass is 16.5. The highest BCUT2D eigenvalue weighted by Crippen LogP contribution is 2.37.